The van der Waals surface area contributed by atoms with E-state index in [0.29, 0.717) is 18.6 Å². The molecule has 2 fully saturated rings. The zero-order valence-electron chi connectivity index (χ0n) is 11.3. The van der Waals surface area contributed by atoms with Gasteiger partial charge in [0.1, 0.15) is 6.04 Å². The molecular weight excluding hydrogens is 246 g/mol. The maximum atomic E-state index is 12.1. The number of carbonyl (C=O) groups is 1. The van der Waals surface area contributed by atoms with Gasteiger partial charge >= 0.3 is 5.97 Å². The zero-order chi connectivity index (χ0) is 12.8. The molecule has 1 saturated heterocycles. The smallest absolute Gasteiger partial charge is 0.323 e. The van der Waals surface area contributed by atoms with Gasteiger partial charge in [0.2, 0.25) is 0 Å². The van der Waals surface area contributed by atoms with Crippen LogP contribution in [0.3, 0.4) is 0 Å². The minimum absolute atomic E-state index is 0.0319. The Labute approximate surface area is 114 Å². The molecule has 0 radical (unpaired) electrons. The Hall–Kier alpha value is -0.220. The van der Waals surface area contributed by atoms with Crippen LogP contribution >= 0.6 is 11.8 Å². The third-order valence-electron chi connectivity index (χ3n) is 4.00. The lowest BCUT2D eigenvalue weighted by Crippen LogP contribution is -2.49. The number of rotatable bonds is 5. The highest BCUT2D eigenvalue weighted by atomic mass is 32.2. The summed E-state index contributed by atoms with van der Waals surface area (Å²) in [4.78, 5) is 12.1. The second-order valence-electron chi connectivity index (χ2n) is 5.35. The van der Waals surface area contributed by atoms with Crippen LogP contribution in [0.15, 0.2) is 0 Å². The molecule has 3 nitrogen and oxygen atoms in total. The molecule has 2 unspecified atom stereocenters. The molecule has 0 spiro atoms. The standard InChI is InChI=1S/C14H25NO2S/c1-2-17-14(16)13(11-8-9-18-10-11)15-12-6-4-3-5-7-12/h11-13,15H,2-10H2,1H3. The lowest BCUT2D eigenvalue weighted by atomic mass is 9.92. The molecule has 4 heteroatoms. The Morgan fingerprint density at radius 1 is 1.33 bits per heavy atom. The number of nitrogens with one attached hydrogen (secondary N) is 1. The van der Waals surface area contributed by atoms with Crippen molar-refractivity contribution in [2.24, 2.45) is 5.92 Å². The van der Waals surface area contributed by atoms with Gasteiger partial charge in [0.25, 0.3) is 0 Å². The number of esters is 1. The van der Waals surface area contributed by atoms with Gasteiger partial charge in [-0.1, -0.05) is 19.3 Å². The van der Waals surface area contributed by atoms with E-state index < -0.39 is 0 Å². The molecule has 1 heterocycles. The molecule has 1 aliphatic heterocycles. The molecular formula is C14H25NO2S. The van der Waals surface area contributed by atoms with E-state index >= 15 is 0 Å². The highest BCUT2D eigenvalue weighted by Crippen LogP contribution is 2.28. The van der Waals surface area contributed by atoms with Crippen LogP contribution in [0.4, 0.5) is 0 Å². The molecule has 1 aliphatic carbocycles. The van der Waals surface area contributed by atoms with E-state index in [1.807, 2.05) is 18.7 Å². The number of hydrogen-bond donors (Lipinski definition) is 1. The van der Waals surface area contributed by atoms with Crippen molar-refractivity contribution in [1.82, 2.24) is 5.32 Å². The summed E-state index contributed by atoms with van der Waals surface area (Å²) in [6, 6.07) is 0.460. The second-order valence-corrected chi connectivity index (χ2v) is 6.50. The third kappa shape index (κ3) is 3.89. The first-order valence-corrected chi connectivity index (χ1v) is 8.47. The van der Waals surface area contributed by atoms with E-state index in [1.165, 1.54) is 37.9 Å². The molecule has 18 heavy (non-hydrogen) atoms. The quantitative estimate of drug-likeness (QED) is 0.780. The van der Waals surface area contributed by atoms with Gasteiger partial charge in [0, 0.05) is 6.04 Å². The van der Waals surface area contributed by atoms with Crippen molar-refractivity contribution >= 4 is 17.7 Å². The van der Waals surface area contributed by atoms with Crippen LogP contribution in [0.5, 0.6) is 0 Å². The molecule has 2 rings (SSSR count). The van der Waals surface area contributed by atoms with Gasteiger partial charge in [-0.3, -0.25) is 4.79 Å². The highest BCUT2D eigenvalue weighted by molar-refractivity contribution is 7.99. The van der Waals surface area contributed by atoms with E-state index in [9.17, 15) is 4.79 Å². The predicted molar refractivity (Wildman–Crippen MR) is 75.9 cm³/mol. The van der Waals surface area contributed by atoms with E-state index in [2.05, 4.69) is 5.32 Å². The molecule has 1 saturated carbocycles. The van der Waals surface area contributed by atoms with Crippen LogP contribution in [0, 0.1) is 5.92 Å². The fourth-order valence-electron chi connectivity index (χ4n) is 2.97. The van der Waals surface area contributed by atoms with Crippen molar-refractivity contribution in [3.63, 3.8) is 0 Å². The van der Waals surface area contributed by atoms with Crippen molar-refractivity contribution in [3.8, 4) is 0 Å². The number of thioether (sulfide) groups is 1. The average molecular weight is 271 g/mol. The van der Waals surface area contributed by atoms with Gasteiger partial charge in [0.15, 0.2) is 0 Å². The Morgan fingerprint density at radius 3 is 2.72 bits per heavy atom. The van der Waals surface area contributed by atoms with Gasteiger partial charge in [-0.25, -0.2) is 0 Å². The van der Waals surface area contributed by atoms with Gasteiger partial charge < -0.3 is 10.1 Å². The summed E-state index contributed by atoms with van der Waals surface area (Å²) in [5, 5.41) is 3.59. The molecule has 0 aromatic rings. The molecule has 1 N–H and O–H groups in total. The molecule has 0 aromatic carbocycles. The minimum Gasteiger partial charge on any atom is -0.465 e. The monoisotopic (exact) mass is 271 g/mol. The second kappa shape index (κ2) is 7.39. The SMILES string of the molecule is CCOC(=O)C(NC1CCCCC1)C1CCSC1. The van der Waals surface area contributed by atoms with Gasteiger partial charge in [-0.15, -0.1) is 0 Å². The van der Waals surface area contributed by atoms with Gasteiger partial charge in [-0.05, 0) is 43.6 Å². The Balaban J connectivity index is 1.91. The van der Waals surface area contributed by atoms with Crippen molar-refractivity contribution in [2.75, 3.05) is 18.1 Å². The van der Waals surface area contributed by atoms with Crippen molar-refractivity contribution in [1.29, 1.82) is 0 Å². The number of ether oxygens (including phenoxy) is 1. The Morgan fingerprint density at radius 2 is 2.11 bits per heavy atom. The maximum Gasteiger partial charge on any atom is 0.323 e. The summed E-state index contributed by atoms with van der Waals surface area (Å²) >= 11 is 1.96. The van der Waals surface area contributed by atoms with Crippen LogP contribution < -0.4 is 5.32 Å². The van der Waals surface area contributed by atoms with E-state index in [4.69, 9.17) is 4.74 Å². The maximum absolute atomic E-state index is 12.1. The van der Waals surface area contributed by atoms with Crippen LogP contribution in [-0.4, -0.2) is 36.2 Å². The highest BCUT2D eigenvalue weighted by Gasteiger charge is 2.33. The Kier molecular flexibility index (Phi) is 5.83. The van der Waals surface area contributed by atoms with E-state index in [1.54, 1.807) is 0 Å². The van der Waals surface area contributed by atoms with Crippen LogP contribution in [0.25, 0.3) is 0 Å². The molecule has 2 aliphatic rings. The van der Waals surface area contributed by atoms with Gasteiger partial charge in [0.05, 0.1) is 6.61 Å². The first-order valence-electron chi connectivity index (χ1n) is 7.31. The first-order chi connectivity index (χ1) is 8.81. The van der Waals surface area contributed by atoms with E-state index in [0.717, 1.165) is 12.2 Å². The normalized spacial score (nSPS) is 27.1. The van der Waals surface area contributed by atoms with Gasteiger partial charge in [-0.2, -0.15) is 11.8 Å². The third-order valence-corrected chi connectivity index (χ3v) is 5.19. The summed E-state index contributed by atoms with van der Waals surface area (Å²) < 4.78 is 5.25. The van der Waals surface area contributed by atoms with Crippen LogP contribution in [0.1, 0.15) is 45.4 Å². The zero-order valence-corrected chi connectivity index (χ0v) is 12.1. The molecule has 0 aromatic heterocycles. The minimum atomic E-state index is -0.0666. The fraction of sp³-hybridized carbons (Fsp3) is 0.929. The summed E-state index contributed by atoms with van der Waals surface area (Å²) in [5.74, 6) is 2.72. The Bertz CT molecular complexity index is 261. The molecule has 0 amide bonds. The lowest BCUT2D eigenvalue weighted by Gasteiger charge is -2.30. The average Bonchev–Trinajstić information content (AvgIpc) is 2.91. The summed E-state index contributed by atoms with van der Waals surface area (Å²) in [6.45, 7) is 2.38. The largest absolute Gasteiger partial charge is 0.465 e. The lowest BCUT2D eigenvalue weighted by molar-refractivity contribution is -0.147. The predicted octanol–water partition coefficient (Wildman–Crippen LogP) is 2.59. The van der Waals surface area contributed by atoms with Crippen LogP contribution in [-0.2, 0) is 9.53 Å². The van der Waals surface area contributed by atoms with Crippen molar-refractivity contribution in [3.05, 3.63) is 0 Å². The fourth-order valence-corrected chi connectivity index (χ4v) is 4.27. The molecule has 104 valence electrons. The number of hydrogen-bond acceptors (Lipinski definition) is 4. The summed E-state index contributed by atoms with van der Waals surface area (Å²) in [5.41, 5.74) is 0. The van der Waals surface area contributed by atoms with Crippen LogP contribution in [0.2, 0.25) is 0 Å². The first kappa shape index (κ1) is 14.2. The van der Waals surface area contributed by atoms with E-state index in [-0.39, 0.29) is 12.0 Å². The number of carbonyl (C=O) groups excluding carboxylic acids is 1. The van der Waals surface area contributed by atoms with Crippen molar-refractivity contribution in [2.45, 2.75) is 57.5 Å². The van der Waals surface area contributed by atoms with Crippen molar-refractivity contribution < 1.29 is 9.53 Å². The summed E-state index contributed by atoms with van der Waals surface area (Å²) in [7, 11) is 0. The topological polar surface area (TPSA) is 38.3 Å². The molecule has 0 bridgehead atoms. The molecule has 2 atom stereocenters. The summed E-state index contributed by atoms with van der Waals surface area (Å²) in [6.07, 6.45) is 7.53.